The van der Waals surface area contributed by atoms with Gasteiger partial charge in [0.1, 0.15) is 11.5 Å². The summed E-state index contributed by atoms with van der Waals surface area (Å²) in [5, 5.41) is 3.29. The summed E-state index contributed by atoms with van der Waals surface area (Å²) in [5.41, 5.74) is 1.07. The molecule has 1 aromatic carbocycles. The van der Waals surface area contributed by atoms with Crippen molar-refractivity contribution in [3.8, 4) is 11.5 Å². The van der Waals surface area contributed by atoms with Crippen LogP contribution < -0.4 is 14.8 Å². The van der Waals surface area contributed by atoms with E-state index in [1.807, 2.05) is 25.2 Å². The van der Waals surface area contributed by atoms with Crippen molar-refractivity contribution in [3.05, 3.63) is 23.8 Å². The van der Waals surface area contributed by atoms with Crippen molar-refractivity contribution in [1.29, 1.82) is 0 Å². The maximum absolute atomic E-state index is 5.90. The highest BCUT2D eigenvalue weighted by atomic mass is 16.5. The van der Waals surface area contributed by atoms with E-state index < -0.39 is 0 Å². The number of benzene rings is 1. The zero-order valence-corrected chi connectivity index (χ0v) is 11.9. The van der Waals surface area contributed by atoms with E-state index in [9.17, 15) is 0 Å². The van der Waals surface area contributed by atoms with Gasteiger partial charge in [-0.1, -0.05) is 0 Å². The fourth-order valence-electron chi connectivity index (χ4n) is 2.21. The largest absolute Gasteiger partial charge is 0.497 e. The minimum absolute atomic E-state index is 0.116. The molecule has 1 fully saturated rings. The number of likely N-dealkylation sites (N-methyl/N-ethyl adjacent to an activating group) is 1. The fourth-order valence-corrected chi connectivity index (χ4v) is 2.21. The maximum Gasteiger partial charge on any atom is 0.123 e. The predicted octanol–water partition coefficient (Wildman–Crippen LogP) is 2.53. The predicted molar refractivity (Wildman–Crippen MR) is 74.9 cm³/mol. The maximum atomic E-state index is 5.90. The van der Waals surface area contributed by atoms with Crippen LogP contribution in [0.3, 0.4) is 0 Å². The van der Waals surface area contributed by atoms with Crippen molar-refractivity contribution in [1.82, 2.24) is 5.32 Å². The number of rotatable bonds is 7. The summed E-state index contributed by atoms with van der Waals surface area (Å²) >= 11 is 0. The minimum atomic E-state index is 0.116. The minimum Gasteiger partial charge on any atom is -0.497 e. The van der Waals surface area contributed by atoms with E-state index in [1.165, 1.54) is 19.3 Å². The number of methoxy groups -OCH3 is 2. The van der Waals surface area contributed by atoms with Gasteiger partial charge in [-0.25, -0.2) is 0 Å². The summed E-state index contributed by atoms with van der Waals surface area (Å²) in [6.45, 7) is 0.657. The molecule has 1 unspecified atom stereocenters. The second-order valence-corrected chi connectivity index (χ2v) is 4.84. The molecule has 1 aliphatic carbocycles. The molecule has 0 aliphatic heterocycles. The van der Waals surface area contributed by atoms with Gasteiger partial charge < -0.3 is 19.5 Å². The van der Waals surface area contributed by atoms with Crippen molar-refractivity contribution in [3.63, 3.8) is 0 Å². The second kappa shape index (κ2) is 6.78. The van der Waals surface area contributed by atoms with Gasteiger partial charge in [-0.05, 0) is 44.5 Å². The van der Waals surface area contributed by atoms with E-state index in [0.717, 1.165) is 17.1 Å². The van der Waals surface area contributed by atoms with Crippen LogP contribution in [-0.2, 0) is 4.74 Å². The van der Waals surface area contributed by atoms with Crippen LogP contribution in [0.25, 0.3) is 0 Å². The zero-order chi connectivity index (χ0) is 13.7. The molecule has 0 spiro atoms. The first-order valence-corrected chi connectivity index (χ1v) is 6.79. The summed E-state index contributed by atoms with van der Waals surface area (Å²) in [6, 6.07) is 5.96. The first-order chi connectivity index (χ1) is 9.28. The van der Waals surface area contributed by atoms with Crippen LogP contribution in [0.2, 0.25) is 0 Å². The first-order valence-electron chi connectivity index (χ1n) is 6.79. The lowest BCUT2D eigenvalue weighted by Gasteiger charge is -2.28. The van der Waals surface area contributed by atoms with Gasteiger partial charge in [0.25, 0.3) is 0 Å². The monoisotopic (exact) mass is 265 g/mol. The lowest BCUT2D eigenvalue weighted by Crippen LogP contribution is -2.28. The molecule has 0 heterocycles. The molecule has 1 saturated carbocycles. The molecule has 4 nitrogen and oxygen atoms in total. The molecule has 19 heavy (non-hydrogen) atoms. The van der Waals surface area contributed by atoms with E-state index in [-0.39, 0.29) is 6.04 Å². The van der Waals surface area contributed by atoms with Crippen LogP contribution in [0.4, 0.5) is 0 Å². The number of hydrogen-bond acceptors (Lipinski definition) is 4. The highest BCUT2D eigenvalue weighted by Gasteiger charge is 2.21. The molecule has 0 amide bonds. The van der Waals surface area contributed by atoms with Crippen molar-refractivity contribution < 1.29 is 14.2 Å². The van der Waals surface area contributed by atoms with Gasteiger partial charge in [0.05, 0.1) is 33.0 Å². The SMILES string of the molecule is CNC(COC1CCC1)c1cc(OC)ccc1OC. The van der Waals surface area contributed by atoms with Crippen LogP contribution in [0.15, 0.2) is 18.2 Å². The van der Waals surface area contributed by atoms with Crippen LogP contribution in [0.5, 0.6) is 11.5 Å². The van der Waals surface area contributed by atoms with E-state index in [4.69, 9.17) is 14.2 Å². The van der Waals surface area contributed by atoms with E-state index in [1.54, 1.807) is 14.2 Å². The molecule has 1 aliphatic rings. The Morgan fingerprint density at radius 1 is 1.26 bits per heavy atom. The number of ether oxygens (including phenoxy) is 3. The van der Waals surface area contributed by atoms with E-state index in [2.05, 4.69) is 5.32 Å². The molecular formula is C15H23NO3. The number of hydrogen-bond donors (Lipinski definition) is 1. The molecule has 106 valence electrons. The number of nitrogens with one attached hydrogen (secondary N) is 1. The normalized spacial score (nSPS) is 16.8. The van der Waals surface area contributed by atoms with E-state index in [0.29, 0.717) is 12.7 Å². The van der Waals surface area contributed by atoms with Gasteiger partial charge in [0, 0.05) is 5.56 Å². The second-order valence-electron chi connectivity index (χ2n) is 4.84. The zero-order valence-electron chi connectivity index (χ0n) is 11.9. The summed E-state index contributed by atoms with van der Waals surface area (Å²) in [4.78, 5) is 0. The average molecular weight is 265 g/mol. The topological polar surface area (TPSA) is 39.7 Å². The first kappa shape index (κ1) is 14.2. The molecule has 1 aromatic rings. The lowest BCUT2D eigenvalue weighted by atomic mass is 9.96. The molecule has 0 radical (unpaired) electrons. The highest BCUT2D eigenvalue weighted by molar-refractivity contribution is 5.42. The van der Waals surface area contributed by atoms with Crippen molar-refractivity contribution in [2.75, 3.05) is 27.9 Å². The summed E-state index contributed by atoms with van der Waals surface area (Å²) < 4.78 is 16.6. The van der Waals surface area contributed by atoms with Crippen LogP contribution in [0.1, 0.15) is 30.9 Å². The average Bonchev–Trinajstić information content (AvgIpc) is 2.41. The highest BCUT2D eigenvalue weighted by Crippen LogP contribution is 2.31. The van der Waals surface area contributed by atoms with Gasteiger partial charge in [-0.15, -0.1) is 0 Å². The summed E-state index contributed by atoms with van der Waals surface area (Å²) in [5.74, 6) is 1.69. The Hall–Kier alpha value is -1.26. The Morgan fingerprint density at radius 3 is 2.58 bits per heavy atom. The smallest absolute Gasteiger partial charge is 0.123 e. The Kier molecular flexibility index (Phi) is 5.05. The quantitative estimate of drug-likeness (QED) is 0.822. The molecule has 0 bridgehead atoms. The van der Waals surface area contributed by atoms with Gasteiger partial charge in [0.2, 0.25) is 0 Å². The molecule has 1 N–H and O–H groups in total. The van der Waals surface area contributed by atoms with Gasteiger partial charge in [-0.3, -0.25) is 0 Å². The third-order valence-corrected chi connectivity index (χ3v) is 3.71. The van der Waals surface area contributed by atoms with Crippen LogP contribution in [-0.4, -0.2) is 34.0 Å². The molecule has 4 heteroatoms. The molecule has 0 saturated heterocycles. The molecule has 0 aromatic heterocycles. The Balaban J connectivity index is 2.10. The third-order valence-electron chi connectivity index (χ3n) is 3.71. The summed E-state index contributed by atoms with van der Waals surface area (Å²) in [7, 11) is 5.30. The standard InChI is InChI=1S/C15H23NO3/c1-16-14(10-19-11-5-4-6-11)13-9-12(17-2)7-8-15(13)18-3/h7-9,11,14,16H,4-6,10H2,1-3H3. The lowest BCUT2D eigenvalue weighted by molar-refractivity contribution is -0.00818. The van der Waals surface area contributed by atoms with Gasteiger partial charge in [0.15, 0.2) is 0 Å². The molecular weight excluding hydrogens is 242 g/mol. The third kappa shape index (κ3) is 3.39. The van der Waals surface area contributed by atoms with Crippen molar-refractivity contribution in [2.24, 2.45) is 0 Å². The molecule has 2 rings (SSSR count). The Morgan fingerprint density at radius 2 is 2.05 bits per heavy atom. The van der Waals surface area contributed by atoms with Crippen molar-refractivity contribution >= 4 is 0 Å². The Labute approximate surface area is 115 Å². The van der Waals surface area contributed by atoms with Gasteiger partial charge >= 0.3 is 0 Å². The van der Waals surface area contributed by atoms with E-state index >= 15 is 0 Å². The Bertz CT molecular complexity index is 404. The van der Waals surface area contributed by atoms with Crippen molar-refractivity contribution in [2.45, 2.75) is 31.4 Å². The van der Waals surface area contributed by atoms with Gasteiger partial charge in [-0.2, -0.15) is 0 Å². The molecule has 1 atom stereocenters. The van der Waals surface area contributed by atoms with Crippen LogP contribution >= 0.6 is 0 Å². The fraction of sp³-hybridized carbons (Fsp3) is 0.600. The van der Waals surface area contributed by atoms with Crippen LogP contribution in [0, 0.1) is 0 Å². The summed E-state index contributed by atoms with van der Waals surface area (Å²) in [6.07, 6.45) is 4.10.